The molecule has 0 aliphatic carbocycles. The summed E-state index contributed by atoms with van der Waals surface area (Å²) in [4.78, 5) is -0.269. The Labute approximate surface area is 177 Å². The smallest absolute Gasteiger partial charge is 0.262 e. The second-order valence-corrected chi connectivity index (χ2v) is 9.97. The van der Waals surface area contributed by atoms with E-state index in [9.17, 15) is 27.0 Å². The Hall–Kier alpha value is -2.18. The van der Waals surface area contributed by atoms with Gasteiger partial charge in [-0.25, -0.2) is 16.8 Å². The number of sulfonamides is 2. The van der Waals surface area contributed by atoms with E-state index >= 15 is 0 Å². The minimum Gasteiger partial charge on any atom is -0.497 e. The zero-order valence-electron chi connectivity index (χ0n) is 17.0. The maximum atomic E-state index is 12.9. The number of nitrogens with zero attached hydrogens (tertiary/aromatic N) is 1. The van der Waals surface area contributed by atoms with Gasteiger partial charge in [0.05, 0.1) is 35.8 Å². The number of hydrogen-bond acceptors (Lipinski definition) is 7. The van der Waals surface area contributed by atoms with Gasteiger partial charge in [0.15, 0.2) is 0 Å². The molecule has 0 heterocycles. The topological polar surface area (TPSA) is 133 Å². The third-order valence-electron chi connectivity index (χ3n) is 4.51. The highest BCUT2D eigenvalue weighted by molar-refractivity contribution is 7.92. The summed E-state index contributed by atoms with van der Waals surface area (Å²) in [6.45, 7) is 3.04. The second-order valence-electron chi connectivity index (χ2n) is 6.35. The molecule has 2 aromatic carbocycles. The van der Waals surface area contributed by atoms with E-state index in [4.69, 9.17) is 4.74 Å². The van der Waals surface area contributed by atoms with Gasteiger partial charge in [-0.1, -0.05) is 19.9 Å². The van der Waals surface area contributed by atoms with Crippen LogP contribution in [-0.2, 0) is 33.3 Å². The van der Waals surface area contributed by atoms with Gasteiger partial charge in [-0.2, -0.15) is 4.31 Å². The van der Waals surface area contributed by atoms with Crippen LogP contribution in [0.1, 0.15) is 25.0 Å². The molecule has 0 saturated heterocycles. The van der Waals surface area contributed by atoms with Crippen molar-refractivity contribution >= 4 is 25.7 Å². The van der Waals surface area contributed by atoms with Gasteiger partial charge in [0.25, 0.3) is 10.0 Å². The monoisotopic (exact) mass is 458 g/mol. The highest BCUT2D eigenvalue weighted by Gasteiger charge is 2.24. The lowest BCUT2D eigenvalue weighted by atomic mass is 10.2. The van der Waals surface area contributed by atoms with Crippen LogP contribution in [0.4, 0.5) is 5.69 Å². The van der Waals surface area contributed by atoms with E-state index in [0.29, 0.717) is 5.56 Å². The minimum atomic E-state index is -4.17. The van der Waals surface area contributed by atoms with Crippen LogP contribution in [0, 0.1) is 0 Å². The predicted octanol–water partition coefficient (Wildman–Crippen LogP) is 1.51. The Morgan fingerprint density at radius 3 is 2.13 bits per heavy atom. The summed E-state index contributed by atoms with van der Waals surface area (Å²) in [5.74, 6) is 0.238. The van der Waals surface area contributed by atoms with Crippen molar-refractivity contribution in [2.45, 2.75) is 36.9 Å². The first kappa shape index (κ1) is 24.1. The number of rotatable bonds is 10. The molecule has 0 radical (unpaired) electrons. The van der Waals surface area contributed by atoms with Crippen molar-refractivity contribution in [3.8, 4) is 5.75 Å². The Balaban J connectivity index is 2.54. The summed E-state index contributed by atoms with van der Waals surface area (Å²) in [6, 6.07) is 7.92. The fourth-order valence-electron chi connectivity index (χ4n) is 2.86. The molecule has 0 saturated carbocycles. The fraction of sp³-hybridized carbons (Fsp3) is 0.368. The summed E-state index contributed by atoms with van der Waals surface area (Å²) < 4.78 is 60.1. The lowest BCUT2D eigenvalue weighted by Crippen LogP contribution is -2.30. The molecule has 0 spiro atoms. The predicted molar refractivity (Wildman–Crippen MR) is 112 cm³/mol. The summed E-state index contributed by atoms with van der Waals surface area (Å²) in [5, 5.41) is 19.0. The molecule has 0 bridgehead atoms. The quantitative estimate of drug-likeness (QED) is 0.491. The lowest BCUT2D eigenvalue weighted by Gasteiger charge is -2.20. The van der Waals surface area contributed by atoms with Crippen LogP contribution >= 0.6 is 0 Å². The number of nitrogens with one attached hydrogen (secondary N) is 1. The second kappa shape index (κ2) is 9.75. The molecule has 9 nitrogen and oxygen atoms in total. The van der Waals surface area contributed by atoms with Crippen molar-refractivity contribution in [1.29, 1.82) is 0 Å². The number of aliphatic hydroxyl groups is 2. The fourth-order valence-corrected chi connectivity index (χ4v) is 5.52. The van der Waals surface area contributed by atoms with Crippen molar-refractivity contribution < 1.29 is 31.8 Å². The van der Waals surface area contributed by atoms with Crippen molar-refractivity contribution in [1.82, 2.24) is 4.31 Å². The summed E-state index contributed by atoms with van der Waals surface area (Å²) in [7, 11) is -6.63. The number of anilines is 1. The summed E-state index contributed by atoms with van der Waals surface area (Å²) in [5.41, 5.74) is 0.483. The van der Waals surface area contributed by atoms with Crippen molar-refractivity contribution in [3.63, 3.8) is 0 Å². The van der Waals surface area contributed by atoms with Crippen molar-refractivity contribution in [3.05, 3.63) is 47.5 Å². The maximum Gasteiger partial charge on any atom is 0.262 e. The number of aliphatic hydroxyl groups excluding tert-OH is 2. The van der Waals surface area contributed by atoms with E-state index in [-0.39, 0.29) is 46.5 Å². The maximum absolute atomic E-state index is 12.9. The zero-order chi connectivity index (χ0) is 22.5. The first-order valence-corrected chi connectivity index (χ1v) is 12.1. The van der Waals surface area contributed by atoms with Crippen molar-refractivity contribution in [2.75, 3.05) is 24.9 Å². The SMILES string of the molecule is CCN(CC)S(=O)(=O)c1ccc(CO)c(NS(=O)(=O)c2cc(CO)cc(OC)c2)c1. The molecule has 0 aliphatic rings. The first-order valence-electron chi connectivity index (χ1n) is 9.18. The van der Waals surface area contributed by atoms with Gasteiger partial charge >= 0.3 is 0 Å². The van der Waals surface area contributed by atoms with Crippen LogP contribution in [0.15, 0.2) is 46.2 Å². The normalized spacial score (nSPS) is 12.2. The first-order chi connectivity index (χ1) is 14.1. The van der Waals surface area contributed by atoms with E-state index < -0.39 is 26.7 Å². The van der Waals surface area contributed by atoms with E-state index in [1.54, 1.807) is 13.8 Å². The van der Waals surface area contributed by atoms with Gasteiger partial charge in [0, 0.05) is 24.7 Å². The molecule has 0 aliphatic heterocycles. The Morgan fingerprint density at radius 1 is 0.933 bits per heavy atom. The number of hydrogen-bond donors (Lipinski definition) is 3. The van der Waals surface area contributed by atoms with Gasteiger partial charge in [-0.3, -0.25) is 4.72 Å². The Kier molecular flexibility index (Phi) is 7.83. The highest BCUT2D eigenvalue weighted by atomic mass is 32.2. The molecule has 0 amide bonds. The van der Waals surface area contributed by atoms with Gasteiger partial charge in [-0.05, 0) is 29.8 Å². The van der Waals surface area contributed by atoms with Crippen LogP contribution in [-0.4, -0.2) is 51.6 Å². The van der Waals surface area contributed by atoms with E-state index in [1.807, 2.05) is 0 Å². The van der Waals surface area contributed by atoms with E-state index in [1.165, 1.54) is 47.8 Å². The average Bonchev–Trinajstić information content (AvgIpc) is 2.73. The summed E-state index contributed by atoms with van der Waals surface area (Å²) >= 11 is 0. The Morgan fingerprint density at radius 2 is 1.60 bits per heavy atom. The molecular formula is C19H26N2O7S2. The molecule has 2 rings (SSSR count). The summed E-state index contributed by atoms with van der Waals surface area (Å²) in [6.07, 6.45) is 0. The molecule has 2 aromatic rings. The number of benzene rings is 2. The standard InChI is InChI=1S/C19H26N2O7S2/c1-4-21(5-2)30(26,27)17-7-6-15(13-23)19(11-17)20-29(24,25)18-9-14(12-22)8-16(10-18)28-3/h6-11,20,22-23H,4-5,12-13H2,1-3H3. The third-order valence-corrected chi connectivity index (χ3v) is 7.90. The van der Waals surface area contributed by atoms with Crippen LogP contribution in [0.5, 0.6) is 5.75 Å². The molecule has 0 fully saturated rings. The minimum absolute atomic E-state index is 0.0564. The molecular weight excluding hydrogens is 432 g/mol. The van der Waals surface area contributed by atoms with Gasteiger partial charge in [-0.15, -0.1) is 0 Å². The number of ether oxygens (including phenoxy) is 1. The third kappa shape index (κ3) is 5.10. The van der Waals surface area contributed by atoms with E-state index in [2.05, 4.69) is 4.72 Å². The van der Waals surface area contributed by atoms with Gasteiger partial charge in [0.1, 0.15) is 5.75 Å². The molecule has 0 atom stereocenters. The van der Waals surface area contributed by atoms with E-state index in [0.717, 1.165) is 0 Å². The molecule has 30 heavy (non-hydrogen) atoms. The molecule has 0 unspecified atom stereocenters. The van der Waals surface area contributed by atoms with Crippen LogP contribution in [0.3, 0.4) is 0 Å². The van der Waals surface area contributed by atoms with Crippen LogP contribution < -0.4 is 9.46 Å². The van der Waals surface area contributed by atoms with Gasteiger partial charge < -0.3 is 14.9 Å². The van der Waals surface area contributed by atoms with Crippen LogP contribution in [0.25, 0.3) is 0 Å². The molecule has 11 heteroatoms. The largest absolute Gasteiger partial charge is 0.497 e. The molecule has 0 aromatic heterocycles. The van der Waals surface area contributed by atoms with Crippen LogP contribution in [0.2, 0.25) is 0 Å². The Bertz CT molecular complexity index is 1070. The number of methoxy groups -OCH3 is 1. The molecule has 3 N–H and O–H groups in total. The molecule has 166 valence electrons. The lowest BCUT2D eigenvalue weighted by molar-refractivity contribution is 0.280. The zero-order valence-corrected chi connectivity index (χ0v) is 18.6. The highest BCUT2D eigenvalue weighted by Crippen LogP contribution is 2.28. The van der Waals surface area contributed by atoms with Gasteiger partial charge in [0.2, 0.25) is 10.0 Å². The van der Waals surface area contributed by atoms with Crippen molar-refractivity contribution in [2.24, 2.45) is 0 Å². The average molecular weight is 459 g/mol.